The first kappa shape index (κ1) is 11.5. The van der Waals surface area contributed by atoms with Crippen molar-refractivity contribution in [3.63, 3.8) is 0 Å². The first-order chi connectivity index (χ1) is 8.26. The Balaban J connectivity index is 2.19. The van der Waals surface area contributed by atoms with Gasteiger partial charge in [-0.05, 0) is 17.7 Å². The molecular weight excluding hydrogens is 218 g/mol. The van der Waals surface area contributed by atoms with Gasteiger partial charge in [-0.15, -0.1) is 0 Å². The lowest BCUT2D eigenvalue weighted by Crippen LogP contribution is -2.30. The molecule has 1 aromatic rings. The van der Waals surface area contributed by atoms with Crippen LogP contribution in [0.15, 0.2) is 36.4 Å². The monoisotopic (exact) mass is 233 g/mol. The molecule has 0 aromatic heterocycles. The van der Waals surface area contributed by atoms with Crippen LogP contribution < -0.4 is 4.74 Å². The maximum atomic E-state index is 11.6. The van der Waals surface area contributed by atoms with E-state index in [4.69, 9.17) is 9.47 Å². The fourth-order valence-corrected chi connectivity index (χ4v) is 1.92. The van der Waals surface area contributed by atoms with Crippen LogP contribution in [0.2, 0.25) is 0 Å². The molecule has 0 aliphatic carbocycles. The summed E-state index contributed by atoms with van der Waals surface area (Å²) in [6, 6.07) is 7.63. The van der Waals surface area contributed by atoms with Gasteiger partial charge in [-0.3, -0.25) is 4.90 Å². The largest absolute Gasteiger partial charge is 0.497 e. The van der Waals surface area contributed by atoms with E-state index in [1.54, 1.807) is 12.0 Å². The lowest BCUT2D eigenvalue weighted by atomic mass is 10.1. The second-order valence-electron chi connectivity index (χ2n) is 3.77. The Kier molecular flexibility index (Phi) is 3.32. The summed E-state index contributed by atoms with van der Waals surface area (Å²) in [6.45, 7) is 0.587. The Morgan fingerprint density at radius 3 is 2.59 bits per heavy atom. The molecule has 4 heteroatoms. The summed E-state index contributed by atoms with van der Waals surface area (Å²) in [4.78, 5) is 13.2. The number of methoxy groups -OCH3 is 2. The van der Waals surface area contributed by atoms with Gasteiger partial charge in [-0.2, -0.15) is 0 Å². The molecule has 90 valence electrons. The van der Waals surface area contributed by atoms with Crippen molar-refractivity contribution < 1.29 is 14.3 Å². The summed E-state index contributed by atoms with van der Waals surface area (Å²) < 4.78 is 9.86. The van der Waals surface area contributed by atoms with Gasteiger partial charge in [0.2, 0.25) is 0 Å². The van der Waals surface area contributed by atoms with Crippen molar-refractivity contribution in [3.8, 4) is 5.75 Å². The van der Waals surface area contributed by atoms with E-state index in [0.29, 0.717) is 6.54 Å². The van der Waals surface area contributed by atoms with Crippen molar-refractivity contribution in [3.05, 3.63) is 42.0 Å². The maximum absolute atomic E-state index is 11.6. The minimum Gasteiger partial charge on any atom is -0.497 e. The van der Waals surface area contributed by atoms with Crippen molar-refractivity contribution in [2.45, 2.75) is 6.04 Å². The summed E-state index contributed by atoms with van der Waals surface area (Å²) in [6.07, 6.45) is 3.65. The summed E-state index contributed by atoms with van der Waals surface area (Å²) in [5.41, 5.74) is 1.05. The van der Waals surface area contributed by atoms with E-state index in [1.807, 2.05) is 36.4 Å². The number of carbonyl (C=O) groups excluding carboxylic acids is 1. The van der Waals surface area contributed by atoms with Crippen molar-refractivity contribution in [1.29, 1.82) is 0 Å². The SMILES string of the molecule is COC(=O)N1CC=CC1c1ccc(OC)cc1. The number of benzene rings is 1. The highest BCUT2D eigenvalue weighted by atomic mass is 16.5. The normalized spacial score (nSPS) is 18.2. The van der Waals surface area contributed by atoms with Crippen LogP contribution in [0.3, 0.4) is 0 Å². The highest BCUT2D eigenvalue weighted by Crippen LogP contribution is 2.28. The van der Waals surface area contributed by atoms with Crippen LogP contribution in [0, 0.1) is 0 Å². The Hall–Kier alpha value is -1.97. The summed E-state index contributed by atoms with van der Waals surface area (Å²) >= 11 is 0. The number of nitrogens with zero attached hydrogens (tertiary/aromatic N) is 1. The fraction of sp³-hybridized carbons (Fsp3) is 0.308. The Morgan fingerprint density at radius 1 is 1.29 bits per heavy atom. The average Bonchev–Trinajstić information content (AvgIpc) is 2.87. The van der Waals surface area contributed by atoms with Crippen LogP contribution in [0.5, 0.6) is 5.75 Å². The second kappa shape index (κ2) is 4.91. The lowest BCUT2D eigenvalue weighted by molar-refractivity contribution is 0.122. The van der Waals surface area contributed by atoms with Crippen LogP contribution >= 0.6 is 0 Å². The molecule has 1 unspecified atom stereocenters. The van der Waals surface area contributed by atoms with E-state index in [-0.39, 0.29) is 12.1 Å². The number of hydrogen-bond acceptors (Lipinski definition) is 3. The zero-order chi connectivity index (χ0) is 12.3. The molecule has 1 aliphatic heterocycles. The second-order valence-corrected chi connectivity index (χ2v) is 3.77. The van der Waals surface area contributed by atoms with Crippen LogP contribution in [0.1, 0.15) is 11.6 Å². The molecule has 0 fully saturated rings. The maximum Gasteiger partial charge on any atom is 0.410 e. The predicted octanol–water partition coefficient (Wildman–Crippen LogP) is 2.37. The van der Waals surface area contributed by atoms with Gasteiger partial charge in [-0.25, -0.2) is 4.79 Å². The average molecular weight is 233 g/mol. The lowest BCUT2D eigenvalue weighted by Gasteiger charge is -2.23. The number of carbonyl (C=O) groups is 1. The topological polar surface area (TPSA) is 38.8 Å². The van der Waals surface area contributed by atoms with Crippen molar-refractivity contribution in [2.75, 3.05) is 20.8 Å². The highest BCUT2D eigenvalue weighted by Gasteiger charge is 2.26. The van der Waals surface area contributed by atoms with Crippen molar-refractivity contribution in [2.24, 2.45) is 0 Å². The standard InChI is InChI=1S/C13H15NO3/c1-16-11-7-5-10(6-8-11)12-4-3-9-14(12)13(15)17-2/h3-8,12H,9H2,1-2H3. The molecule has 1 amide bonds. The van der Waals surface area contributed by atoms with Crippen LogP contribution in [0.4, 0.5) is 4.79 Å². The molecule has 4 nitrogen and oxygen atoms in total. The molecule has 1 heterocycles. The molecule has 0 saturated heterocycles. The summed E-state index contributed by atoms with van der Waals surface area (Å²) in [7, 11) is 3.02. The molecule has 0 saturated carbocycles. The molecule has 2 rings (SSSR count). The molecule has 17 heavy (non-hydrogen) atoms. The van der Waals surface area contributed by atoms with E-state index < -0.39 is 0 Å². The van der Waals surface area contributed by atoms with E-state index in [9.17, 15) is 4.79 Å². The third-order valence-electron chi connectivity index (χ3n) is 2.82. The van der Waals surface area contributed by atoms with Gasteiger partial charge in [0.1, 0.15) is 5.75 Å². The van der Waals surface area contributed by atoms with Gasteiger partial charge in [0.25, 0.3) is 0 Å². The van der Waals surface area contributed by atoms with Crippen molar-refractivity contribution in [1.82, 2.24) is 4.90 Å². The first-order valence-corrected chi connectivity index (χ1v) is 5.41. The van der Waals surface area contributed by atoms with Crippen LogP contribution in [-0.2, 0) is 4.74 Å². The van der Waals surface area contributed by atoms with E-state index >= 15 is 0 Å². The van der Waals surface area contributed by atoms with Gasteiger partial charge >= 0.3 is 6.09 Å². The third kappa shape index (κ3) is 2.25. The minimum atomic E-state index is -0.309. The quantitative estimate of drug-likeness (QED) is 0.736. The third-order valence-corrected chi connectivity index (χ3v) is 2.82. The van der Waals surface area contributed by atoms with E-state index in [1.165, 1.54) is 7.11 Å². The molecular formula is C13H15NO3. The predicted molar refractivity (Wildman–Crippen MR) is 64.0 cm³/mol. The van der Waals surface area contributed by atoms with Gasteiger partial charge in [0.15, 0.2) is 0 Å². The van der Waals surface area contributed by atoms with Gasteiger partial charge < -0.3 is 9.47 Å². The Labute approximate surface area is 100 Å². The van der Waals surface area contributed by atoms with Gasteiger partial charge in [-0.1, -0.05) is 24.3 Å². The molecule has 1 aliphatic rings. The molecule has 0 bridgehead atoms. The Bertz CT molecular complexity index is 425. The molecule has 1 atom stereocenters. The number of hydrogen-bond donors (Lipinski definition) is 0. The first-order valence-electron chi connectivity index (χ1n) is 5.41. The fourth-order valence-electron chi connectivity index (χ4n) is 1.92. The number of ether oxygens (including phenoxy) is 2. The number of rotatable bonds is 2. The molecule has 0 N–H and O–H groups in total. The van der Waals surface area contributed by atoms with Crippen LogP contribution in [-0.4, -0.2) is 31.8 Å². The summed E-state index contributed by atoms with van der Waals surface area (Å²) in [5.74, 6) is 0.806. The zero-order valence-electron chi connectivity index (χ0n) is 9.92. The number of amides is 1. The smallest absolute Gasteiger partial charge is 0.410 e. The molecule has 1 aromatic carbocycles. The van der Waals surface area contributed by atoms with Crippen molar-refractivity contribution >= 4 is 6.09 Å². The zero-order valence-corrected chi connectivity index (χ0v) is 9.92. The van der Waals surface area contributed by atoms with E-state index in [2.05, 4.69) is 0 Å². The Morgan fingerprint density at radius 2 is 2.00 bits per heavy atom. The van der Waals surface area contributed by atoms with Gasteiger partial charge in [0, 0.05) is 6.54 Å². The van der Waals surface area contributed by atoms with Gasteiger partial charge in [0.05, 0.1) is 20.3 Å². The molecule has 0 radical (unpaired) electrons. The van der Waals surface area contributed by atoms with Crippen LogP contribution in [0.25, 0.3) is 0 Å². The van der Waals surface area contributed by atoms with E-state index in [0.717, 1.165) is 11.3 Å². The minimum absolute atomic E-state index is 0.0478. The molecule has 0 spiro atoms. The summed E-state index contributed by atoms with van der Waals surface area (Å²) in [5, 5.41) is 0. The highest BCUT2D eigenvalue weighted by molar-refractivity contribution is 5.69.